The van der Waals surface area contributed by atoms with Crippen molar-refractivity contribution >= 4 is 11.9 Å². The Balaban J connectivity index is 2.51. The first-order valence-corrected chi connectivity index (χ1v) is 5.11. The highest BCUT2D eigenvalue weighted by Crippen LogP contribution is 1.98. The fourth-order valence-corrected chi connectivity index (χ4v) is 1.49. The first-order chi connectivity index (χ1) is 7.99. The lowest BCUT2D eigenvalue weighted by Gasteiger charge is -2.17. The van der Waals surface area contributed by atoms with Gasteiger partial charge in [-0.2, -0.15) is 0 Å². The average molecular weight is 241 g/mol. The Bertz CT molecular complexity index is 386. The Hall–Kier alpha value is -1.89. The maximum absolute atomic E-state index is 10.6. The minimum absolute atomic E-state index is 0.281. The van der Waals surface area contributed by atoms with E-state index in [2.05, 4.69) is 4.98 Å². The molecule has 1 heterocycles. The van der Waals surface area contributed by atoms with Gasteiger partial charge < -0.3 is 14.8 Å². The zero-order chi connectivity index (χ0) is 12.8. The number of carboxylic acid groups (broad SMARTS) is 2. The van der Waals surface area contributed by atoms with E-state index in [1.165, 1.54) is 4.90 Å². The number of carbonyl (C=O) groups is 2. The minimum Gasteiger partial charge on any atom is -0.480 e. The molecule has 0 bridgehead atoms. The Kier molecular flexibility index (Phi) is 4.65. The Morgan fingerprint density at radius 1 is 1.35 bits per heavy atom. The SMILES string of the molecule is Cn1ccnc1CCN(CC(=O)O)CC(=O)O. The maximum atomic E-state index is 10.6. The summed E-state index contributed by atoms with van der Waals surface area (Å²) >= 11 is 0. The van der Waals surface area contributed by atoms with Gasteiger partial charge in [-0.1, -0.05) is 0 Å². The van der Waals surface area contributed by atoms with Gasteiger partial charge in [0.05, 0.1) is 13.1 Å². The molecule has 17 heavy (non-hydrogen) atoms. The Labute approximate surface area is 98.3 Å². The van der Waals surface area contributed by atoms with Gasteiger partial charge in [-0.05, 0) is 0 Å². The molecule has 7 nitrogen and oxygen atoms in total. The normalized spacial score (nSPS) is 10.7. The summed E-state index contributed by atoms with van der Waals surface area (Å²) in [7, 11) is 1.83. The molecule has 0 aliphatic heterocycles. The van der Waals surface area contributed by atoms with Crippen molar-refractivity contribution in [3.05, 3.63) is 18.2 Å². The van der Waals surface area contributed by atoms with Gasteiger partial charge in [-0.25, -0.2) is 4.98 Å². The number of aryl methyl sites for hydroxylation is 1. The monoisotopic (exact) mass is 241 g/mol. The molecule has 2 N–H and O–H groups in total. The molecule has 0 aromatic carbocycles. The van der Waals surface area contributed by atoms with Gasteiger partial charge in [0.1, 0.15) is 5.82 Å². The second-order valence-corrected chi connectivity index (χ2v) is 3.70. The summed E-state index contributed by atoms with van der Waals surface area (Å²) in [5.74, 6) is -1.28. The van der Waals surface area contributed by atoms with Crippen LogP contribution in [0.2, 0.25) is 0 Å². The van der Waals surface area contributed by atoms with E-state index < -0.39 is 11.9 Å². The molecule has 0 amide bonds. The van der Waals surface area contributed by atoms with E-state index in [1.807, 2.05) is 11.6 Å². The van der Waals surface area contributed by atoms with Gasteiger partial charge in [-0.3, -0.25) is 14.5 Å². The summed E-state index contributed by atoms with van der Waals surface area (Å²) in [5, 5.41) is 17.3. The summed E-state index contributed by atoms with van der Waals surface area (Å²) in [6.45, 7) is -0.211. The van der Waals surface area contributed by atoms with Crippen LogP contribution in [0.5, 0.6) is 0 Å². The minimum atomic E-state index is -1.04. The fourth-order valence-electron chi connectivity index (χ4n) is 1.49. The van der Waals surface area contributed by atoms with Crippen LogP contribution < -0.4 is 0 Å². The van der Waals surface area contributed by atoms with Crippen LogP contribution in [0.3, 0.4) is 0 Å². The van der Waals surface area contributed by atoms with Gasteiger partial charge in [-0.15, -0.1) is 0 Å². The average Bonchev–Trinajstić information content (AvgIpc) is 2.59. The summed E-state index contributed by atoms with van der Waals surface area (Å²) < 4.78 is 1.82. The molecule has 0 aliphatic rings. The van der Waals surface area contributed by atoms with Crippen molar-refractivity contribution in [2.24, 2.45) is 7.05 Å². The van der Waals surface area contributed by atoms with E-state index in [4.69, 9.17) is 10.2 Å². The van der Waals surface area contributed by atoms with Gasteiger partial charge in [0.25, 0.3) is 0 Å². The van der Waals surface area contributed by atoms with Crippen molar-refractivity contribution in [1.82, 2.24) is 14.5 Å². The molecule has 0 aliphatic carbocycles. The number of hydrogen-bond donors (Lipinski definition) is 2. The lowest BCUT2D eigenvalue weighted by atomic mass is 10.3. The number of imidazole rings is 1. The quantitative estimate of drug-likeness (QED) is 0.664. The van der Waals surface area contributed by atoms with Crippen LogP contribution in [0, 0.1) is 0 Å². The van der Waals surface area contributed by atoms with Gasteiger partial charge in [0, 0.05) is 32.4 Å². The lowest BCUT2D eigenvalue weighted by Crippen LogP contribution is -2.36. The molecule has 1 aromatic rings. The van der Waals surface area contributed by atoms with E-state index in [0.717, 1.165) is 5.82 Å². The second kappa shape index (κ2) is 6.00. The van der Waals surface area contributed by atoms with Crippen LogP contribution in [0.15, 0.2) is 12.4 Å². The van der Waals surface area contributed by atoms with Crippen LogP contribution in [-0.2, 0) is 23.1 Å². The summed E-state index contributed by atoms with van der Waals surface area (Å²) in [5.41, 5.74) is 0. The molecule has 0 spiro atoms. The molecule has 0 atom stereocenters. The van der Waals surface area contributed by atoms with Crippen molar-refractivity contribution in [2.45, 2.75) is 6.42 Å². The van der Waals surface area contributed by atoms with E-state index in [1.54, 1.807) is 12.4 Å². The van der Waals surface area contributed by atoms with Crippen molar-refractivity contribution in [1.29, 1.82) is 0 Å². The molecular weight excluding hydrogens is 226 g/mol. The van der Waals surface area contributed by atoms with Crippen LogP contribution in [0.4, 0.5) is 0 Å². The number of aliphatic carboxylic acids is 2. The molecule has 0 saturated heterocycles. The molecule has 0 radical (unpaired) electrons. The van der Waals surface area contributed by atoms with Gasteiger partial charge >= 0.3 is 11.9 Å². The Morgan fingerprint density at radius 2 is 1.94 bits per heavy atom. The Morgan fingerprint density at radius 3 is 2.35 bits per heavy atom. The third-order valence-electron chi connectivity index (χ3n) is 2.29. The largest absolute Gasteiger partial charge is 0.480 e. The highest BCUT2D eigenvalue weighted by atomic mass is 16.4. The van der Waals surface area contributed by atoms with Crippen molar-refractivity contribution in [3.8, 4) is 0 Å². The summed E-state index contributed by atoms with van der Waals surface area (Å²) in [6, 6.07) is 0. The second-order valence-electron chi connectivity index (χ2n) is 3.70. The zero-order valence-corrected chi connectivity index (χ0v) is 9.54. The van der Waals surface area contributed by atoms with E-state index in [-0.39, 0.29) is 13.1 Å². The number of rotatable bonds is 7. The molecule has 1 rings (SSSR count). The standard InChI is InChI=1S/C10H15N3O4/c1-12-5-3-11-8(12)2-4-13(6-9(14)15)7-10(16)17/h3,5H,2,4,6-7H2,1H3,(H,14,15)(H,16,17). The molecule has 7 heteroatoms. The zero-order valence-electron chi connectivity index (χ0n) is 9.54. The highest BCUT2D eigenvalue weighted by molar-refractivity contribution is 5.72. The van der Waals surface area contributed by atoms with E-state index in [0.29, 0.717) is 13.0 Å². The molecule has 0 saturated carbocycles. The molecule has 0 fully saturated rings. The van der Waals surface area contributed by atoms with Crippen LogP contribution in [0.25, 0.3) is 0 Å². The lowest BCUT2D eigenvalue weighted by molar-refractivity contribution is -0.141. The van der Waals surface area contributed by atoms with Gasteiger partial charge in [0.15, 0.2) is 0 Å². The van der Waals surface area contributed by atoms with Crippen molar-refractivity contribution < 1.29 is 19.8 Å². The van der Waals surface area contributed by atoms with Crippen molar-refractivity contribution in [2.75, 3.05) is 19.6 Å². The number of aromatic nitrogens is 2. The van der Waals surface area contributed by atoms with Gasteiger partial charge in [0.2, 0.25) is 0 Å². The number of hydrogen-bond acceptors (Lipinski definition) is 4. The number of carboxylic acids is 2. The van der Waals surface area contributed by atoms with E-state index >= 15 is 0 Å². The first kappa shape index (κ1) is 13.2. The maximum Gasteiger partial charge on any atom is 0.317 e. The predicted octanol–water partition coefficient (Wildman–Crippen LogP) is -0.566. The van der Waals surface area contributed by atoms with Crippen LogP contribution in [-0.4, -0.2) is 56.2 Å². The third kappa shape index (κ3) is 4.64. The van der Waals surface area contributed by atoms with Crippen LogP contribution >= 0.6 is 0 Å². The summed E-state index contributed by atoms with van der Waals surface area (Å²) in [6.07, 6.45) is 3.95. The number of nitrogens with zero attached hydrogens (tertiary/aromatic N) is 3. The smallest absolute Gasteiger partial charge is 0.317 e. The first-order valence-electron chi connectivity index (χ1n) is 5.11. The molecule has 94 valence electrons. The van der Waals surface area contributed by atoms with E-state index in [9.17, 15) is 9.59 Å². The topological polar surface area (TPSA) is 95.7 Å². The fraction of sp³-hybridized carbons (Fsp3) is 0.500. The third-order valence-corrected chi connectivity index (χ3v) is 2.29. The highest BCUT2D eigenvalue weighted by Gasteiger charge is 2.14. The molecule has 1 aromatic heterocycles. The molecular formula is C10H15N3O4. The molecule has 0 unspecified atom stereocenters. The summed E-state index contributed by atoms with van der Waals surface area (Å²) in [4.78, 5) is 26.6. The van der Waals surface area contributed by atoms with Crippen molar-refractivity contribution in [3.63, 3.8) is 0 Å². The predicted molar refractivity (Wildman–Crippen MR) is 58.6 cm³/mol. The van der Waals surface area contributed by atoms with Crippen LogP contribution in [0.1, 0.15) is 5.82 Å².